The first-order chi connectivity index (χ1) is 6.66. The fraction of sp³-hybridized carbons (Fsp3) is 0.300. The van der Waals surface area contributed by atoms with E-state index in [-0.39, 0.29) is 18.0 Å². The molecule has 1 amide bonds. The number of hydrogen-bond acceptors (Lipinski definition) is 2. The lowest BCUT2D eigenvalue weighted by Crippen LogP contribution is -2.28. The summed E-state index contributed by atoms with van der Waals surface area (Å²) in [5.74, 6) is 0.0115. The van der Waals surface area contributed by atoms with Crippen LogP contribution in [0.4, 0.5) is 0 Å². The highest BCUT2D eigenvalue weighted by atomic mass is 35.5. The molecule has 1 aromatic rings. The highest BCUT2D eigenvalue weighted by molar-refractivity contribution is 6.30. The third kappa shape index (κ3) is 1.74. The molecule has 0 radical (unpaired) electrons. The van der Waals surface area contributed by atoms with Gasteiger partial charge in [0.25, 0.3) is 0 Å². The highest BCUT2D eigenvalue weighted by Gasteiger charge is 2.30. The van der Waals surface area contributed by atoms with Crippen LogP contribution in [0.15, 0.2) is 24.3 Å². The number of nitrogens with one attached hydrogen (secondary N) is 1. The number of carbonyl (C=O) groups is 1. The third-order valence-electron chi connectivity index (χ3n) is 2.39. The predicted octanol–water partition coefficient (Wildman–Crippen LogP) is 1.23. The second-order valence-corrected chi connectivity index (χ2v) is 3.90. The van der Waals surface area contributed by atoms with Crippen molar-refractivity contribution in [1.29, 1.82) is 0 Å². The van der Waals surface area contributed by atoms with E-state index in [9.17, 15) is 4.79 Å². The molecular weight excluding hydrogens is 200 g/mol. The number of carbonyl (C=O) groups excluding carboxylic acids is 1. The lowest BCUT2D eigenvalue weighted by atomic mass is 10.0. The van der Waals surface area contributed by atoms with E-state index in [2.05, 4.69) is 5.32 Å². The Morgan fingerprint density at radius 3 is 2.50 bits per heavy atom. The molecule has 2 rings (SSSR count). The molecule has 0 bridgehead atoms. The van der Waals surface area contributed by atoms with Gasteiger partial charge in [0.2, 0.25) is 5.91 Å². The van der Waals surface area contributed by atoms with Gasteiger partial charge in [-0.15, -0.1) is 0 Å². The van der Waals surface area contributed by atoms with Crippen LogP contribution in [0.1, 0.15) is 18.0 Å². The zero-order valence-electron chi connectivity index (χ0n) is 7.53. The van der Waals surface area contributed by atoms with Crippen LogP contribution in [0, 0.1) is 0 Å². The molecule has 0 aromatic heterocycles. The van der Waals surface area contributed by atoms with Crippen molar-refractivity contribution in [2.24, 2.45) is 5.73 Å². The van der Waals surface area contributed by atoms with Gasteiger partial charge in [0.15, 0.2) is 0 Å². The molecule has 3 N–H and O–H groups in total. The van der Waals surface area contributed by atoms with Gasteiger partial charge in [-0.1, -0.05) is 23.7 Å². The molecule has 2 unspecified atom stereocenters. The van der Waals surface area contributed by atoms with E-state index in [1.54, 1.807) is 12.1 Å². The van der Waals surface area contributed by atoms with Crippen LogP contribution in [0.25, 0.3) is 0 Å². The Bertz CT molecular complexity index is 350. The van der Waals surface area contributed by atoms with Gasteiger partial charge in [-0.05, 0) is 17.7 Å². The number of halogens is 1. The molecule has 1 aromatic carbocycles. The van der Waals surface area contributed by atoms with Gasteiger partial charge in [-0.2, -0.15) is 0 Å². The largest absolute Gasteiger partial charge is 0.348 e. The molecule has 0 aliphatic carbocycles. The minimum Gasteiger partial charge on any atom is -0.348 e. The quantitative estimate of drug-likeness (QED) is 0.733. The minimum absolute atomic E-state index is 0.0115. The van der Waals surface area contributed by atoms with E-state index < -0.39 is 0 Å². The van der Waals surface area contributed by atoms with Crippen LogP contribution in [0.2, 0.25) is 5.02 Å². The second kappa shape index (κ2) is 3.59. The Hall–Kier alpha value is -1.06. The summed E-state index contributed by atoms with van der Waals surface area (Å²) in [5.41, 5.74) is 6.83. The fourth-order valence-electron chi connectivity index (χ4n) is 1.67. The third-order valence-corrected chi connectivity index (χ3v) is 2.65. The first kappa shape index (κ1) is 9.49. The Balaban J connectivity index is 2.23. The maximum Gasteiger partial charge on any atom is 0.222 e. The second-order valence-electron chi connectivity index (χ2n) is 3.46. The molecule has 2 atom stereocenters. The van der Waals surface area contributed by atoms with Crippen molar-refractivity contribution >= 4 is 17.5 Å². The Kier molecular flexibility index (Phi) is 2.44. The lowest BCUT2D eigenvalue weighted by molar-refractivity contribution is -0.119. The van der Waals surface area contributed by atoms with E-state index in [1.807, 2.05) is 12.1 Å². The van der Waals surface area contributed by atoms with Crippen molar-refractivity contribution in [2.45, 2.75) is 18.5 Å². The summed E-state index contributed by atoms with van der Waals surface area (Å²) >= 11 is 5.76. The number of amides is 1. The van der Waals surface area contributed by atoms with Crippen LogP contribution >= 0.6 is 11.6 Å². The molecular formula is C10H11ClN2O. The van der Waals surface area contributed by atoms with Gasteiger partial charge in [0.1, 0.15) is 0 Å². The van der Waals surface area contributed by atoms with E-state index in [1.165, 1.54) is 0 Å². The van der Waals surface area contributed by atoms with Crippen LogP contribution in [0.3, 0.4) is 0 Å². The summed E-state index contributed by atoms with van der Waals surface area (Å²) in [4.78, 5) is 11.1. The average molecular weight is 211 g/mol. The van der Waals surface area contributed by atoms with Crippen molar-refractivity contribution in [2.75, 3.05) is 0 Å². The van der Waals surface area contributed by atoms with Crippen molar-refractivity contribution < 1.29 is 4.79 Å². The molecule has 4 heteroatoms. The Morgan fingerprint density at radius 1 is 1.36 bits per heavy atom. The molecule has 1 aliphatic heterocycles. The van der Waals surface area contributed by atoms with Crippen LogP contribution in [-0.2, 0) is 4.79 Å². The predicted molar refractivity (Wildman–Crippen MR) is 54.9 cm³/mol. The molecule has 74 valence electrons. The normalized spacial score (nSPS) is 26.3. The van der Waals surface area contributed by atoms with E-state index >= 15 is 0 Å². The highest BCUT2D eigenvalue weighted by Crippen LogP contribution is 2.23. The van der Waals surface area contributed by atoms with Crippen molar-refractivity contribution in [3.05, 3.63) is 34.9 Å². The van der Waals surface area contributed by atoms with Gasteiger partial charge >= 0.3 is 0 Å². The van der Waals surface area contributed by atoms with Gasteiger partial charge in [0, 0.05) is 17.5 Å². The number of nitrogens with two attached hydrogens (primary N) is 1. The van der Waals surface area contributed by atoms with Gasteiger partial charge in [-0.25, -0.2) is 0 Å². The number of hydrogen-bond donors (Lipinski definition) is 2. The average Bonchev–Trinajstić information content (AvgIpc) is 2.47. The SMILES string of the molecule is NC1CC(=O)NC1c1ccc(Cl)cc1. The number of benzene rings is 1. The topological polar surface area (TPSA) is 55.1 Å². The molecule has 1 aliphatic rings. The summed E-state index contributed by atoms with van der Waals surface area (Å²) in [5, 5.41) is 3.52. The van der Waals surface area contributed by atoms with Crippen molar-refractivity contribution in [3.8, 4) is 0 Å². The summed E-state index contributed by atoms with van der Waals surface area (Å²) < 4.78 is 0. The molecule has 1 fully saturated rings. The monoisotopic (exact) mass is 210 g/mol. The van der Waals surface area contributed by atoms with Gasteiger partial charge in [-0.3, -0.25) is 4.79 Å². The van der Waals surface area contributed by atoms with Crippen LogP contribution in [0.5, 0.6) is 0 Å². The summed E-state index contributed by atoms with van der Waals surface area (Å²) in [6, 6.07) is 7.17. The zero-order chi connectivity index (χ0) is 10.1. The fourth-order valence-corrected chi connectivity index (χ4v) is 1.80. The smallest absolute Gasteiger partial charge is 0.222 e. The molecule has 1 heterocycles. The Labute approximate surface area is 87.2 Å². The zero-order valence-corrected chi connectivity index (χ0v) is 8.29. The van der Waals surface area contributed by atoms with Crippen molar-refractivity contribution in [3.63, 3.8) is 0 Å². The molecule has 1 saturated heterocycles. The van der Waals surface area contributed by atoms with E-state index in [0.29, 0.717) is 11.4 Å². The first-order valence-corrected chi connectivity index (χ1v) is 4.85. The minimum atomic E-state index is -0.135. The maximum atomic E-state index is 11.1. The Morgan fingerprint density at radius 2 is 2.00 bits per heavy atom. The summed E-state index contributed by atoms with van der Waals surface area (Å²) in [6.07, 6.45) is 0.396. The van der Waals surface area contributed by atoms with Crippen LogP contribution in [-0.4, -0.2) is 11.9 Å². The van der Waals surface area contributed by atoms with Gasteiger partial charge in [0.05, 0.1) is 6.04 Å². The maximum absolute atomic E-state index is 11.1. The number of rotatable bonds is 1. The van der Waals surface area contributed by atoms with E-state index in [4.69, 9.17) is 17.3 Å². The molecule has 0 spiro atoms. The lowest BCUT2D eigenvalue weighted by Gasteiger charge is -2.15. The molecule has 3 nitrogen and oxygen atoms in total. The summed E-state index contributed by atoms with van der Waals surface area (Å²) in [6.45, 7) is 0. The summed E-state index contributed by atoms with van der Waals surface area (Å²) in [7, 11) is 0. The first-order valence-electron chi connectivity index (χ1n) is 4.47. The molecule has 14 heavy (non-hydrogen) atoms. The molecule has 0 saturated carbocycles. The van der Waals surface area contributed by atoms with E-state index in [0.717, 1.165) is 5.56 Å². The van der Waals surface area contributed by atoms with Crippen LogP contribution < -0.4 is 11.1 Å². The standard InChI is InChI=1S/C10H11ClN2O/c11-7-3-1-6(2-4-7)10-8(12)5-9(14)13-10/h1-4,8,10H,5,12H2,(H,13,14). The van der Waals surface area contributed by atoms with Crippen molar-refractivity contribution in [1.82, 2.24) is 5.32 Å². The van der Waals surface area contributed by atoms with Gasteiger partial charge < -0.3 is 11.1 Å².